The van der Waals surface area contributed by atoms with E-state index in [9.17, 15) is 27.6 Å². The molecule has 14 nitrogen and oxygen atoms in total. The van der Waals surface area contributed by atoms with Gasteiger partial charge in [-0.05, 0) is 201 Å². The first-order chi connectivity index (χ1) is 50.3. The zero-order valence-electron chi connectivity index (χ0n) is 70.2. The molecule has 4 aromatic rings. The molecule has 108 heavy (non-hydrogen) atoms. The lowest BCUT2D eigenvalue weighted by molar-refractivity contribution is -0.137. The fourth-order valence-electron chi connectivity index (χ4n) is 14.9. The van der Waals surface area contributed by atoms with Crippen LogP contribution in [0.3, 0.4) is 0 Å². The van der Waals surface area contributed by atoms with Gasteiger partial charge in [-0.3, -0.25) is 14.7 Å². The van der Waals surface area contributed by atoms with Gasteiger partial charge in [-0.25, -0.2) is 14.4 Å². The average Bonchev–Trinajstić information content (AvgIpc) is 0.827. The molecular weight excluding hydrogens is 1410 g/mol. The quantitative estimate of drug-likeness (QED) is 0.0554. The SMILES string of the molecule is CC(C)=CC(CC(C)(C)c1ccc(C(F)(F)F)cc1)N1CCN(C(=O)OC(C)(C)C)CC1.CC(C)=CC(CC(C)(C)c1ccc(C)cc1)N1CCN(C(=O)OCC(C)C)CC1.COC(=O)N1CCN(C(C=C(C)C)CC(C)(C)c2ccc(Cl)cc2)CC1.COC1CCN(C(C)CC(C)(C)c2ccc(Cl)cc2)CC1. The molecule has 0 aromatic heterocycles. The Morgan fingerprint density at radius 1 is 0.435 bits per heavy atom. The number of benzene rings is 4. The Hall–Kier alpha value is -5.92. The maximum absolute atomic E-state index is 12.9. The first kappa shape index (κ1) is 92.7. The molecule has 19 heteroatoms. The Morgan fingerprint density at radius 3 is 1.05 bits per heavy atom. The van der Waals surface area contributed by atoms with Crippen LogP contribution in [0.15, 0.2) is 132 Å². The number of allylic oxidation sites excluding steroid dienone is 3. The maximum atomic E-state index is 12.9. The van der Waals surface area contributed by atoms with E-state index in [2.05, 4.69) is 211 Å². The molecule has 4 unspecified atom stereocenters. The molecular formula is C89H136Cl2F3N7O7. The van der Waals surface area contributed by atoms with Gasteiger partial charge in [0.05, 0.1) is 25.4 Å². The smallest absolute Gasteiger partial charge is 0.416 e. The molecule has 8 rings (SSSR count). The fraction of sp³-hybridized carbons (Fsp3) is 0.629. The van der Waals surface area contributed by atoms with Crippen LogP contribution in [0.1, 0.15) is 210 Å². The topological polar surface area (TPSA) is 111 Å². The van der Waals surface area contributed by atoms with Crippen LogP contribution in [0.4, 0.5) is 27.6 Å². The molecule has 4 aliphatic rings. The molecule has 0 saturated carbocycles. The van der Waals surface area contributed by atoms with Gasteiger partial charge in [0.1, 0.15) is 5.60 Å². The van der Waals surface area contributed by atoms with Crippen molar-refractivity contribution in [2.75, 3.05) is 112 Å². The van der Waals surface area contributed by atoms with Crippen LogP contribution in [-0.2, 0) is 46.8 Å². The minimum atomic E-state index is -4.33. The molecule has 3 amide bonds. The van der Waals surface area contributed by atoms with Crippen LogP contribution in [0.5, 0.6) is 0 Å². The highest BCUT2D eigenvalue weighted by Gasteiger charge is 2.37. The minimum Gasteiger partial charge on any atom is -0.453 e. The lowest BCUT2D eigenvalue weighted by Gasteiger charge is -2.41. The second kappa shape index (κ2) is 42.1. The number of amides is 3. The van der Waals surface area contributed by atoms with E-state index < -0.39 is 17.3 Å². The summed E-state index contributed by atoms with van der Waals surface area (Å²) in [6.07, 6.45) is 8.69. The summed E-state index contributed by atoms with van der Waals surface area (Å²) in [6.45, 7) is 56.7. The summed E-state index contributed by atoms with van der Waals surface area (Å²) in [4.78, 5) is 51.7. The first-order valence-corrected chi connectivity index (χ1v) is 40.0. The minimum absolute atomic E-state index is 0.0285. The fourth-order valence-corrected chi connectivity index (χ4v) is 15.2. The van der Waals surface area contributed by atoms with Gasteiger partial charge < -0.3 is 38.5 Å². The van der Waals surface area contributed by atoms with E-state index >= 15 is 0 Å². The van der Waals surface area contributed by atoms with Crippen molar-refractivity contribution >= 4 is 41.5 Å². The summed E-state index contributed by atoms with van der Waals surface area (Å²) >= 11 is 12.0. The number of aryl methyl sites for hydroxylation is 1. The molecule has 4 aliphatic heterocycles. The van der Waals surface area contributed by atoms with Crippen LogP contribution in [0.25, 0.3) is 0 Å². The molecule has 4 atom stereocenters. The highest BCUT2D eigenvalue weighted by molar-refractivity contribution is 6.30. The Labute approximate surface area is 660 Å². The lowest BCUT2D eigenvalue weighted by atomic mass is 9.78. The number of methoxy groups -OCH3 is 2. The molecule has 0 aliphatic carbocycles. The van der Waals surface area contributed by atoms with Crippen molar-refractivity contribution in [3.63, 3.8) is 0 Å². The predicted octanol–water partition coefficient (Wildman–Crippen LogP) is 20.9. The van der Waals surface area contributed by atoms with Gasteiger partial charge in [0.25, 0.3) is 0 Å². The van der Waals surface area contributed by atoms with Crippen molar-refractivity contribution in [3.05, 3.63) is 175 Å². The third-order valence-corrected chi connectivity index (χ3v) is 21.8. The Bertz CT molecular complexity index is 3450. The number of hydrogen-bond donors (Lipinski definition) is 0. The van der Waals surface area contributed by atoms with E-state index in [1.165, 1.54) is 46.1 Å². The molecule has 4 aromatic carbocycles. The number of likely N-dealkylation sites (tertiary alicyclic amines) is 1. The van der Waals surface area contributed by atoms with E-state index in [1.807, 2.05) is 57.0 Å². The molecule has 4 heterocycles. The molecule has 604 valence electrons. The number of nitrogens with zero attached hydrogens (tertiary/aromatic N) is 7. The van der Waals surface area contributed by atoms with E-state index in [0.29, 0.717) is 62.9 Å². The molecule has 0 bridgehead atoms. The standard InChI is InChI=1S/C25H37F3N2O2.C25H40N2O2.C21H31ClN2O2.C18H28ClNO/c1-18(2)16-21(29-12-14-30(15-13-29)22(31)32-23(3,4)5)17-24(6,7)19-8-10-20(11-9-19)25(26,27)28;1-19(2)16-23(17-25(6,7)22-10-8-21(5)9-11-22)26-12-14-27(15-13-26)24(28)29-18-20(3)4;1-16(2)14-19(23-10-12-24(13-11-23)20(25)26-5)15-21(3,4)17-6-8-18(22)9-7-17;1-14(20-11-9-17(21-4)10-12-20)13-18(2,3)15-5-7-16(19)8-6-15/h8-11,16,21H,12-15,17H2,1-7H3;8-11,16,20,23H,12-15,17-18H2,1-7H3;6-9,14,19H,10-13,15H2,1-5H3;5-8,14,17H,9-13H2,1-4H3. The van der Waals surface area contributed by atoms with Crippen molar-refractivity contribution in [2.45, 2.75) is 248 Å². The number of carbonyl (C=O) groups is 3. The third-order valence-electron chi connectivity index (χ3n) is 21.3. The molecule has 4 fully saturated rings. The molecule has 0 radical (unpaired) electrons. The molecule has 4 saturated heterocycles. The number of alkyl halides is 3. The number of ether oxygens (including phenoxy) is 4. The normalized spacial score (nSPS) is 17.4. The lowest BCUT2D eigenvalue weighted by Crippen LogP contribution is -2.53. The van der Waals surface area contributed by atoms with E-state index in [0.717, 1.165) is 132 Å². The number of piperidine rings is 1. The summed E-state index contributed by atoms with van der Waals surface area (Å²) in [5.41, 5.74) is 8.87. The van der Waals surface area contributed by atoms with Gasteiger partial charge in [0, 0.05) is 133 Å². The Kier molecular flexibility index (Phi) is 36.1. The van der Waals surface area contributed by atoms with Crippen molar-refractivity contribution in [2.24, 2.45) is 5.92 Å². The monoisotopic (exact) mass is 1540 g/mol. The summed E-state index contributed by atoms with van der Waals surface area (Å²) in [7, 11) is 3.27. The van der Waals surface area contributed by atoms with Crippen LogP contribution in [-0.4, -0.2) is 201 Å². The maximum Gasteiger partial charge on any atom is 0.416 e. The van der Waals surface area contributed by atoms with Gasteiger partial charge >= 0.3 is 24.5 Å². The summed E-state index contributed by atoms with van der Waals surface area (Å²) < 4.78 is 60.0. The first-order valence-electron chi connectivity index (χ1n) is 39.3. The highest BCUT2D eigenvalue weighted by atomic mass is 35.5. The Morgan fingerprint density at radius 2 is 0.741 bits per heavy atom. The van der Waals surface area contributed by atoms with E-state index in [1.54, 1.807) is 21.9 Å². The number of rotatable bonds is 22. The van der Waals surface area contributed by atoms with Gasteiger partial charge in [-0.2, -0.15) is 13.2 Å². The van der Waals surface area contributed by atoms with Crippen molar-refractivity contribution in [1.82, 2.24) is 34.3 Å². The van der Waals surface area contributed by atoms with Crippen LogP contribution < -0.4 is 0 Å². The van der Waals surface area contributed by atoms with Crippen LogP contribution in [0, 0.1) is 12.8 Å². The zero-order valence-corrected chi connectivity index (χ0v) is 71.7. The van der Waals surface area contributed by atoms with Crippen molar-refractivity contribution in [3.8, 4) is 0 Å². The number of halogens is 5. The van der Waals surface area contributed by atoms with Crippen LogP contribution in [0.2, 0.25) is 10.0 Å². The number of carbonyl (C=O) groups excluding carboxylic acids is 3. The van der Waals surface area contributed by atoms with Crippen molar-refractivity contribution < 1.29 is 46.5 Å². The summed E-state index contributed by atoms with van der Waals surface area (Å²) in [5, 5.41) is 1.58. The average molecular weight is 1540 g/mol. The van der Waals surface area contributed by atoms with Gasteiger partial charge in [-0.15, -0.1) is 0 Å². The Balaban J connectivity index is 0.000000261. The molecule has 0 N–H and O–H groups in total. The van der Waals surface area contributed by atoms with Gasteiger partial charge in [-0.1, -0.05) is 194 Å². The predicted molar refractivity (Wildman–Crippen MR) is 441 cm³/mol. The second-order valence-corrected chi connectivity index (χ2v) is 35.9. The third kappa shape index (κ3) is 31.0. The summed E-state index contributed by atoms with van der Waals surface area (Å²) in [5.74, 6) is 0.367. The summed E-state index contributed by atoms with van der Waals surface area (Å²) in [6, 6.07) is 32.3. The second-order valence-electron chi connectivity index (χ2n) is 35.1. The van der Waals surface area contributed by atoms with E-state index in [-0.39, 0.29) is 46.0 Å². The number of hydrogen-bond acceptors (Lipinski definition) is 11. The van der Waals surface area contributed by atoms with Gasteiger partial charge in [0.2, 0.25) is 0 Å². The van der Waals surface area contributed by atoms with Gasteiger partial charge in [0.15, 0.2) is 0 Å². The zero-order chi connectivity index (χ0) is 80.7. The molecule has 0 spiro atoms. The number of piperazine rings is 3. The van der Waals surface area contributed by atoms with Crippen LogP contribution >= 0.6 is 23.2 Å². The highest BCUT2D eigenvalue weighted by Crippen LogP contribution is 2.38. The van der Waals surface area contributed by atoms with Crippen molar-refractivity contribution in [1.29, 1.82) is 0 Å². The van der Waals surface area contributed by atoms with E-state index in [4.69, 9.17) is 42.1 Å². The largest absolute Gasteiger partial charge is 0.453 e.